The highest BCUT2D eigenvalue weighted by Gasteiger charge is 2.12. The van der Waals surface area contributed by atoms with Crippen molar-refractivity contribution in [2.75, 3.05) is 5.75 Å². The van der Waals surface area contributed by atoms with Gasteiger partial charge >= 0.3 is 0 Å². The van der Waals surface area contributed by atoms with Crippen molar-refractivity contribution in [1.29, 1.82) is 5.26 Å². The van der Waals surface area contributed by atoms with Crippen molar-refractivity contribution in [2.45, 2.75) is 91.4 Å². The van der Waals surface area contributed by atoms with Crippen molar-refractivity contribution in [3.8, 4) is 6.07 Å². The van der Waals surface area contributed by atoms with E-state index in [4.69, 9.17) is 4.72 Å². The number of nitrogens with zero attached hydrogens (tertiary/aromatic N) is 2. The predicted molar refractivity (Wildman–Crippen MR) is 111 cm³/mol. The highest BCUT2D eigenvalue weighted by molar-refractivity contribution is 7.97. The van der Waals surface area contributed by atoms with Crippen LogP contribution >= 0.6 is 11.9 Å². The van der Waals surface area contributed by atoms with E-state index in [0.29, 0.717) is 0 Å². The Balaban J connectivity index is 2.86. The molecule has 0 aliphatic heterocycles. The molecule has 0 spiro atoms. The normalized spacial score (nSPS) is 10.6. The molecule has 2 nitrogen and oxygen atoms in total. The predicted octanol–water partition coefficient (Wildman–Crippen LogP) is 7.10. The lowest BCUT2D eigenvalue weighted by atomic mass is 9.96. The largest absolute Gasteiger partial charge is 0.215 e. The first-order valence-electron chi connectivity index (χ1n) is 10.2. The zero-order valence-electron chi connectivity index (χ0n) is 16.4. The minimum atomic E-state index is 0.767. The summed E-state index contributed by atoms with van der Waals surface area (Å²) >= 11 is 1.63. The van der Waals surface area contributed by atoms with Crippen LogP contribution in [0.4, 0.5) is 5.69 Å². The van der Waals surface area contributed by atoms with Gasteiger partial charge in [0.05, 0.1) is 11.3 Å². The monoisotopic (exact) mass is 359 g/mol. The van der Waals surface area contributed by atoms with Crippen LogP contribution in [0.2, 0.25) is 0 Å². The summed E-state index contributed by atoms with van der Waals surface area (Å²) in [5, 5.41) is 9.63. The standard InChI is InChI=1S/C22H35N2S/c1-4-7-10-13-19-16-20(14-11-8-5-2)22(21(17-19)18-23)24-25-15-12-9-6-3/h16-17H,4-15H2,1-3H3. The number of hydrogen-bond donors (Lipinski definition) is 0. The van der Waals surface area contributed by atoms with E-state index >= 15 is 0 Å². The Bertz CT molecular complexity index is 519. The summed E-state index contributed by atoms with van der Waals surface area (Å²) in [4.78, 5) is 0. The molecule has 1 aromatic rings. The Labute approximate surface area is 159 Å². The number of benzene rings is 1. The van der Waals surface area contributed by atoms with E-state index in [9.17, 15) is 5.26 Å². The molecule has 0 bridgehead atoms. The molecule has 0 fully saturated rings. The summed E-state index contributed by atoms with van der Waals surface area (Å²) in [7, 11) is 0. The van der Waals surface area contributed by atoms with Crippen molar-refractivity contribution in [3.63, 3.8) is 0 Å². The molecule has 0 heterocycles. The van der Waals surface area contributed by atoms with E-state index < -0.39 is 0 Å². The van der Waals surface area contributed by atoms with Crippen molar-refractivity contribution in [1.82, 2.24) is 4.72 Å². The molecule has 1 aromatic carbocycles. The van der Waals surface area contributed by atoms with E-state index in [1.165, 1.54) is 68.9 Å². The van der Waals surface area contributed by atoms with E-state index in [0.717, 1.165) is 29.8 Å². The Morgan fingerprint density at radius 1 is 0.880 bits per heavy atom. The third-order valence-electron chi connectivity index (χ3n) is 4.48. The van der Waals surface area contributed by atoms with Crippen molar-refractivity contribution < 1.29 is 0 Å². The van der Waals surface area contributed by atoms with Gasteiger partial charge in [0.15, 0.2) is 0 Å². The molecule has 0 aromatic heterocycles. The second-order valence-corrected chi connectivity index (χ2v) is 7.66. The quantitative estimate of drug-likeness (QED) is 0.262. The van der Waals surface area contributed by atoms with Gasteiger partial charge in [0.2, 0.25) is 0 Å². The molecule has 1 rings (SSSR count). The molecular formula is C22H35N2S. The summed E-state index contributed by atoms with van der Waals surface area (Å²) < 4.78 is 4.76. The summed E-state index contributed by atoms with van der Waals surface area (Å²) in [5.41, 5.74) is 4.30. The van der Waals surface area contributed by atoms with Crippen LogP contribution in [0.5, 0.6) is 0 Å². The van der Waals surface area contributed by atoms with Crippen LogP contribution in [0.1, 0.15) is 95.2 Å². The lowest BCUT2D eigenvalue weighted by Crippen LogP contribution is -2.01. The first-order valence-corrected chi connectivity index (χ1v) is 11.1. The van der Waals surface area contributed by atoms with Crippen molar-refractivity contribution in [3.05, 3.63) is 28.8 Å². The van der Waals surface area contributed by atoms with Crippen LogP contribution in [-0.4, -0.2) is 5.75 Å². The van der Waals surface area contributed by atoms with Crippen LogP contribution in [0, 0.1) is 11.3 Å². The SMILES string of the molecule is CCCCCS[N]c1c(C#N)cc(CCCCC)cc1CCCCC. The number of hydrogen-bond acceptors (Lipinski definition) is 2. The van der Waals surface area contributed by atoms with Gasteiger partial charge in [0.1, 0.15) is 6.07 Å². The summed E-state index contributed by atoms with van der Waals surface area (Å²) in [6, 6.07) is 6.79. The molecule has 0 atom stereocenters. The van der Waals surface area contributed by atoms with Crippen LogP contribution < -0.4 is 4.72 Å². The fourth-order valence-electron chi connectivity index (χ4n) is 2.96. The number of nitriles is 1. The van der Waals surface area contributed by atoms with Gasteiger partial charge in [-0.3, -0.25) is 0 Å². The molecule has 0 aliphatic carbocycles. The molecular weight excluding hydrogens is 324 g/mol. The minimum absolute atomic E-state index is 0.767. The second kappa shape index (κ2) is 14.1. The highest BCUT2D eigenvalue weighted by atomic mass is 32.2. The lowest BCUT2D eigenvalue weighted by molar-refractivity contribution is 0.708. The topological polar surface area (TPSA) is 37.9 Å². The minimum Gasteiger partial charge on any atom is -0.215 e. The molecule has 0 saturated heterocycles. The maximum atomic E-state index is 9.63. The fraction of sp³-hybridized carbons (Fsp3) is 0.682. The second-order valence-electron chi connectivity index (χ2n) is 6.81. The smallest absolute Gasteiger partial charge is 0.101 e. The summed E-state index contributed by atoms with van der Waals surface area (Å²) in [6.07, 6.45) is 13.2. The Kier molecular flexibility index (Phi) is 12.3. The van der Waals surface area contributed by atoms with Crippen LogP contribution in [0.15, 0.2) is 12.1 Å². The molecule has 0 aliphatic rings. The van der Waals surface area contributed by atoms with Gasteiger partial charge in [-0.1, -0.05) is 65.4 Å². The fourth-order valence-corrected chi connectivity index (χ4v) is 3.73. The van der Waals surface area contributed by atoms with E-state index in [1.54, 1.807) is 11.9 Å². The third-order valence-corrected chi connectivity index (χ3v) is 5.27. The zero-order chi connectivity index (χ0) is 18.3. The van der Waals surface area contributed by atoms with Crippen LogP contribution in [0.3, 0.4) is 0 Å². The molecule has 25 heavy (non-hydrogen) atoms. The molecule has 0 saturated carbocycles. The summed E-state index contributed by atoms with van der Waals surface area (Å²) in [6.45, 7) is 6.68. The van der Waals surface area contributed by atoms with Crippen LogP contribution in [-0.2, 0) is 12.8 Å². The third kappa shape index (κ3) is 8.68. The van der Waals surface area contributed by atoms with Crippen LogP contribution in [0.25, 0.3) is 0 Å². The Hall–Kier alpha value is -1.14. The Morgan fingerprint density at radius 3 is 2.16 bits per heavy atom. The molecule has 0 amide bonds. The number of rotatable bonds is 14. The Morgan fingerprint density at radius 2 is 1.52 bits per heavy atom. The first-order chi connectivity index (χ1) is 12.3. The zero-order valence-corrected chi connectivity index (χ0v) is 17.3. The summed E-state index contributed by atoms with van der Waals surface area (Å²) in [5.74, 6) is 1.05. The molecule has 139 valence electrons. The van der Waals surface area contributed by atoms with Gasteiger partial charge in [-0.05, 0) is 61.2 Å². The van der Waals surface area contributed by atoms with Gasteiger partial charge in [-0.25, -0.2) is 4.72 Å². The molecule has 0 unspecified atom stereocenters. The van der Waals surface area contributed by atoms with Gasteiger partial charge in [0.25, 0.3) is 0 Å². The van der Waals surface area contributed by atoms with E-state index in [2.05, 4.69) is 39.0 Å². The average Bonchev–Trinajstić information content (AvgIpc) is 2.62. The lowest BCUT2D eigenvalue weighted by Gasteiger charge is -2.14. The van der Waals surface area contributed by atoms with E-state index in [-0.39, 0.29) is 0 Å². The van der Waals surface area contributed by atoms with Gasteiger partial charge in [-0.15, -0.1) is 0 Å². The maximum absolute atomic E-state index is 9.63. The number of unbranched alkanes of at least 4 members (excludes halogenated alkanes) is 6. The van der Waals surface area contributed by atoms with Gasteiger partial charge in [-0.2, -0.15) is 5.26 Å². The maximum Gasteiger partial charge on any atom is 0.101 e. The van der Waals surface area contributed by atoms with Crippen molar-refractivity contribution >= 4 is 17.6 Å². The van der Waals surface area contributed by atoms with E-state index in [1.807, 2.05) is 0 Å². The first kappa shape index (κ1) is 21.9. The van der Waals surface area contributed by atoms with Gasteiger partial charge < -0.3 is 0 Å². The molecule has 3 heteroatoms. The average molecular weight is 360 g/mol. The molecule has 1 radical (unpaired) electrons. The highest BCUT2D eigenvalue weighted by Crippen LogP contribution is 2.29. The molecule has 0 N–H and O–H groups in total. The van der Waals surface area contributed by atoms with Crippen molar-refractivity contribution in [2.24, 2.45) is 0 Å². The van der Waals surface area contributed by atoms with Gasteiger partial charge in [0, 0.05) is 5.75 Å². The number of aryl methyl sites for hydroxylation is 2.